The fraction of sp³-hybridized carbons (Fsp3) is 0.387. The first-order valence-corrected chi connectivity index (χ1v) is 15.1. The fourth-order valence-electron chi connectivity index (χ4n) is 5.26. The van der Waals surface area contributed by atoms with E-state index in [1.54, 1.807) is 44.4 Å². The van der Waals surface area contributed by atoms with Crippen LogP contribution in [0.2, 0.25) is 0 Å². The summed E-state index contributed by atoms with van der Waals surface area (Å²) in [7, 11) is 4.72. The van der Waals surface area contributed by atoms with E-state index in [4.69, 9.17) is 14.2 Å². The van der Waals surface area contributed by atoms with Gasteiger partial charge in [-0.05, 0) is 65.4 Å². The molecule has 11 nitrogen and oxygen atoms in total. The van der Waals surface area contributed by atoms with Crippen molar-refractivity contribution in [2.75, 3.05) is 21.3 Å². The third-order valence-electron chi connectivity index (χ3n) is 7.53. The summed E-state index contributed by atoms with van der Waals surface area (Å²) in [6.07, 6.45) is 5.24. The highest BCUT2D eigenvalue weighted by Crippen LogP contribution is 2.32. The van der Waals surface area contributed by atoms with E-state index in [1.165, 1.54) is 22.6 Å². The van der Waals surface area contributed by atoms with Crippen molar-refractivity contribution >= 4 is 23.2 Å². The predicted molar refractivity (Wildman–Crippen MR) is 162 cm³/mol. The second kappa shape index (κ2) is 14.1. The Morgan fingerprint density at radius 2 is 1.77 bits per heavy atom. The van der Waals surface area contributed by atoms with Gasteiger partial charge in [0.25, 0.3) is 0 Å². The van der Waals surface area contributed by atoms with E-state index >= 15 is 0 Å². The van der Waals surface area contributed by atoms with Crippen LogP contribution in [-0.2, 0) is 22.7 Å². The molecule has 0 saturated heterocycles. The summed E-state index contributed by atoms with van der Waals surface area (Å²) in [6, 6.07) is 15.9. The topological polar surface area (TPSA) is 121 Å². The molecule has 0 bridgehead atoms. The summed E-state index contributed by atoms with van der Waals surface area (Å²) < 4.78 is 16.0. The lowest BCUT2D eigenvalue weighted by molar-refractivity contribution is -0.142. The average Bonchev–Trinajstić information content (AvgIpc) is 3.74. The van der Waals surface area contributed by atoms with Gasteiger partial charge in [-0.25, -0.2) is 0 Å². The summed E-state index contributed by atoms with van der Waals surface area (Å²) in [5, 5.41) is 17.9. The van der Waals surface area contributed by atoms with E-state index in [0.29, 0.717) is 28.6 Å². The first kappa shape index (κ1) is 30.0. The number of methoxy groups -OCH3 is 3. The number of ether oxygens (including phenoxy) is 3. The van der Waals surface area contributed by atoms with Crippen LogP contribution in [0, 0.1) is 0 Å². The van der Waals surface area contributed by atoms with E-state index < -0.39 is 6.04 Å². The van der Waals surface area contributed by atoms with Crippen LogP contribution in [0.25, 0.3) is 11.4 Å². The van der Waals surface area contributed by atoms with Crippen LogP contribution in [0.1, 0.15) is 48.6 Å². The number of hydrogen-bond donors (Lipinski definition) is 1. The van der Waals surface area contributed by atoms with Crippen LogP contribution in [-0.4, -0.2) is 64.3 Å². The Morgan fingerprint density at radius 1 is 1.00 bits per heavy atom. The molecule has 0 spiro atoms. The molecule has 226 valence electrons. The van der Waals surface area contributed by atoms with Crippen LogP contribution in [0.5, 0.6) is 17.2 Å². The maximum atomic E-state index is 14.1. The molecule has 1 atom stereocenters. The summed E-state index contributed by atoms with van der Waals surface area (Å²) >= 11 is 1.45. The molecule has 12 heteroatoms. The van der Waals surface area contributed by atoms with Crippen molar-refractivity contribution in [2.24, 2.45) is 0 Å². The van der Waals surface area contributed by atoms with Crippen LogP contribution >= 0.6 is 11.3 Å². The zero-order chi connectivity index (χ0) is 30.2. The number of nitrogens with one attached hydrogen (secondary N) is 1. The largest absolute Gasteiger partial charge is 0.497 e. The first-order chi connectivity index (χ1) is 21.0. The number of nitrogens with zero attached hydrogens (tertiary/aromatic N) is 5. The molecule has 1 fully saturated rings. The highest BCUT2D eigenvalue weighted by atomic mass is 32.1. The number of carbonyl (C=O) groups excluding carboxylic acids is 2. The molecule has 1 aliphatic carbocycles. The molecule has 0 aliphatic heterocycles. The number of thiophene rings is 1. The quantitative estimate of drug-likeness (QED) is 0.248. The number of tetrazole rings is 1. The summed E-state index contributed by atoms with van der Waals surface area (Å²) in [5.41, 5.74) is 1.52. The van der Waals surface area contributed by atoms with Gasteiger partial charge in [0.2, 0.25) is 17.6 Å². The molecule has 2 amide bonds. The van der Waals surface area contributed by atoms with Gasteiger partial charge in [-0.2, -0.15) is 4.80 Å². The highest BCUT2D eigenvalue weighted by molar-refractivity contribution is 7.10. The van der Waals surface area contributed by atoms with Crippen LogP contribution in [0.3, 0.4) is 0 Å². The average molecular weight is 605 g/mol. The van der Waals surface area contributed by atoms with Crippen molar-refractivity contribution < 1.29 is 23.8 Å². The summed E-state index contributed by atoms with van der Waals surface area (Å²) in [4.78, 5) is 31.6. The monoisotopic (exact) mass is 604 g/mol. The first-order valence-electron chi connectivity index (χ1n) is 14.3. The molecule has 2 aromatic carbocycles. The van der Waals surface area contributed by atoms with Crippen LogP contribution in [0.15, 0.2) is 60.0 Å². The predicted octanol–water partition coefficient (Wildman–Crippen LogP) is 4.65. The number of aromatic nitrogens is 4. The smallest absolute Gasteiger partial charge is 0.248 e. The maximum absolute atomic E-state index is 14.1. The molecule has 2 heterocycles. The minimum atomic E-state index is -0.814. The minimum Gasteiger partial charge on any atom is -0.497 e. The number of amides is 2. The van der Waals surface area contributed by atoms with Crippen molar-refractivity contribution in [2.45, 2.75) is 57.3 Å². The normalized spacial score (nSPS) is 14.1. The molecule has 1 N–H and O–H groups in total. The van der Waals surface area contributed by atoms with E-state index in [-0.39, 0.29) is 30.9 Å². The molecule has 4 aromatic rings. The Bertz CT molecular complexity index is 1500. The maximum Gasteiger partial charge on any atom is 0.248 e. The molecule has 1 unspecified atom stereocenters. The number of carbonyl (C=O) groups is 2. The third kappa shape index (κ3) is 7.31. The van der Waals surface area contributed by atoms with Crippen LogP contribution < -0.4 is 19.5 Å². The molecule has 1 saturated carbocycles. The number of rotatable bonds is 12. The fourth-order valence-corrected chi connectivity index (χ4v) is 6.10. The Kier molecular flexibility index (Phi) is 9.88. The van der Waals surface area contributed by atoms with Crippen molar-refractivity contribution in [1.29, 1.82) is 0 Å². The van der Waals surface area contributed by atoms with E-state index in [0.717, 1.165) is 36.1 Å². The molecule has 1 aliphatic rings. The van der Waals surface area contributed by atoms with E-state index in [9.17, 15) is 9.59 Å². The highest BCUT2D eigenvalue weighted by Gasteiger charge is 2.34. The van der Waals surface area contributed by atoms with Crippen molar-refractivity contribution in [3.8, 4) is 28.6 Å². The molecule has 0 radical (unpaired) electrons. The van der Waals surface area contributed by atoms with Crippen molar-refractivity contribution in [1.82, 2.24) is 30.4 Å². The Morgan fingerprint density at radius 3 is 2.44 bits per heavy atom. The Balaban J connectivity index is 1.43. The third-order valence-corrected chi connectivity index (χ3v) is 8.45. The molecular weight excluding hydrogens is 568 g/mol. The lowest BCUT2D eigenvalue weighted by atomic mass is 9.95. The molecular formula is C31H36N6O5S. The van der Waals surface area contributed by atoms with Gasteiger partial charge in [0.15, 0.2) is 11.5 Å². The minimum absolute atomic E-state index is 0.0997. The van der Waals surface area contributed by atoms with Gasteiger partial charge >= 0.3 is 0 Å². The second-order valence-electron chi connectivity index (χ2n) is 10.3. The zero-order valence-electron chi connectivity index (χ0n) is 24.6. The molecule has 2 aromatic heterocycles. The van der Waals surface area contributed by atoms with Gasteiger partial charge in [-0.3, -0.25) is 9.59 Å². The molecule has 43 heavy (non-hydrogen) atoms. The Hall–Kier alpha value is -4.45. The van der Waals surface area contributed by atoms with Gasteiger partial charge in [0, 0.05) is 23.0 Å². The number of benzene rings is 2. The van der Waals surface area contributed by atoms with Gasteiger partial charge in [-0.15, -0.1) is 21.5 Å². The van der Waals surface area contributed by atoms with Gasteiger partial charge in [0.1, 0.15) is 18.3 Å². The number of hydrogen-bond acceptors (Lipinski definition) is 9. The second-order valence-corrected chi connectivity index (χ2v) is 11.3. The lowest BCUT2D eigenvalue weighted by Crippen LogP contribution is -2.47. The SMILES string of the molecule is COc1ccc(CN(C(=O)Cn2nnc(-c3ccc(OC)c(OC)c3)n2)C(C(=O)NC2CCCCC2)c2cccs2)cc1. The summed E-state index contributed by atoms with van der Waals surface area (Å²) in [6.45, 7) is 0.00966. The van der Waals surface area contributed by atoms with Crippen molar-refractivity contribution in [3.63, 3.8) is 0 Å². The molecule has 5 rings (SSSR count). The summed E-state index contributed by atoms with van der Waals surface area (Å²) in [5.74, 6) is 1.65. The van der Waals surface area contributed by atoms with E-state index in [2.05, 4.69) is 20.7 Å². The van der Waals surface area contributed by atoms with Gasteiger partial charge < -0.3 is 24.4 Å². The van der Waals surface area contributed by atoms with Crippen molar-refractivity contribution in [3.05, 3.63) is 70.4 Å². The Labute approximate surface area is 254 Å². The standard InChI is InChI=1S/C31H36N6O5S/c1-40-24-14-11-21(12-15-24)19-36(29(27-10-7-17-43-27)31(39)32-23-8-5-4-6-9-23)28(38)20-37-34-30(33-35-37)22-13-16-25(41-2)26(18-22)42-3/h7,10-18,23,29H,4-6,8-9,19-20H2,1-3H3,(H,32,39). The van der Waals surface area contributed by atoms with Gasteiger partial charge in [0.05, 0.1) is 21.3 Å². The zero-order valence-corrected chi connectivity index (χ0v) is 25.4. The lowest BCUT2D eigenvalue weighted by Gasteiger charge is -2.32. The van der Waals surface area contributed by atoms with Gasteiger partial charge in [-0.1, -0.05) is 37.5 Å². The van der Waals surface area contributed by atoms with Crippen LogP contribution in [0.4, 0.5) is 0 Å². The van der Waals surface area contributed by atoms with E-state index in [1.807, 2.05) is 41.8 Å².